The third-order valence-corrected chi connectivity index (χ3v) is 4.09. The zero-order valence-corrected chi connectivity index (χ0v) is 15.7. The first-order valence-electron chi connectivity index (χ1n) is 8.23. The van der Waals surface area contributed by atoms with E-state index in [1.807, 2.05) is 24.3 Å². The molecule has 3 N–H and O–H groups in total. The molecule has 0 aliphatic rings. The van der Waals surface area contributed by atoms with E-state index < -0.39 is 4.92 Å². The standard InChI is InChI=1S/C19H23N3O3.ClH/c1-13(2)14-7-9-15(10-8-14)17(20)12-21-19(23)11-16-5-3-4-6-18(16)22(24)25;/h3-10,13,17H,11-12,20H2,1-2H3,(H,21,23);1H. The highest BCUT2D eigenvalue weighted by Gasteiger charge is 2.16. The van der Waals surface area contributed by atoms with Crippen LogP contribution < -0.4 is 11.1 Å². The number of hydrogen-bond donors (Lipinski definition) is 2. The van der Waals surface area contributed by atoms with E-state index in [4.69, 9.17) is 5.73 Å². The Morgan fingerprint density at radius 3 is 2.27 bits per heavy atom. The molecule has 1 unspecified atom stereocenters. The van der Waals surface area contributed by atoms with Gasteiger partial charge in [-0.1, -0.05) is 56.3 Å². The minimum Gasteiger partial charge on any atom is -0.354 e. The predicted octanol–water partition coefficient (Wildman–Crippen LogP) is 3.50. The van der Waals surface area contributed by atoms with E-state index in [1.165, 1.54) is 11.6 Å². The molecular weight excluding hydrogens is 354 g/mol. The molecule has 1 amide bonds. The normalized spacial score (nSPS) is 11.5. The van der Waals surface area contributed by atoms with Crippen LogP contribution >= 0.6 is 12.4 Å². The Kier molecular flexibility index (Phi) is 8.22. The number of carbonyl (C=O) groups is 1. The molecule has 140 valence electrons. The van der Waals surface area contributed by atoms with Crippen LogP contribution in [0.4, 0.5) is 5.69 Å². The average Bonchev–Trinajstić information content (AvgIpc) is 2.60. The third kappa shape index (κ3) is 5.82. The van der Waals surface area contributed by atoms with Crippen molar-refractivity contribution in [2.75, 3.05) is 6.54 Å². The highest BCUT2D eigenvalue weighted by atomic mass is 35.5. The largest absolute Gasteiger partial charge is 0.354 e. The van der Waals surface area contributed by atoms with Gasteiger partial charge in [-0.05, 0) is 17.0 Å². The highest BCUT2D eigenvalue weighted by molar-refractivity contribution is 5.85. The van der Waals surface area contributed by atoms with E-state index in [-0.39, 0.29) is 43.0 Å². The summed E-state index contributed by atoms with van der Waals surface area (Å²) in [6.45, 7) is 4.52. The Balaban J connectivity index is 0.00000338. The maximum atomic E-state index is 12.1. The molecule has 0 aliphatic heterocycles. The number of rotatable bonds is 7. The quantitative estimate of drug-likeness (QED) is 0.569. The first-order chi connectivity index (χ1) is 11.9. The number of nitrogens with one attached hydrogen (secondary N) is 1. The fourth-order valence-corrected chi connectivity index (χ4v) is 2.54. The van der Waals surface area contributed by atoms with Gasteiger partial charge in [-0.15, -0.1) is 12.4 Å². The van der Waals surface area contributed by atoms with Gasteiger partial charge in [0.25, 0.3) is 5.69 Å². The van der Waals surface area contributed by atoms with E-state index in [0.717, 1.165) is 5.56 Å². The predicted molar refractivity (Wildman–Crippen MR) is 105 cm³/mol. The molecule has 0 bridgehead atoms. The van der Waals surface area contributed by atoms with E-state index in [2.05, 4.69) is 19.2 Å². The summed E-state index contributed by atoms with van der Waals surface area (Å²) in [5.74, 6) is 0.162. The van der Waals surface area contributed by atoms with Crippen molar-refractivity contribution in [2.45, 2.75) is 32.2 Å². The SMILES string of the molecule is CC(C)c1ccc(C(N)CNC(=O)Cc2ccccc2[N+](=O)[O-])cc1.Cl. The van der Waals surface area contributed by atoms with Crippen LogP contribution in [0.5, 0.6) is 0 Å². The van der Waals surface area contributed by atoms with Gasteiger partial charge in [-0.25, -0.2) is 0 Å². The van der Waals surface area contributed by atoms with Crippen molar-refractivity contribution in [3.8, 4) is 0 Å². The number of benzene rings is 2. The maximum absolute atomic E-state index is 12.1. The van der Waals surface area contributed by atoms with E-state index in [9.17, 15) is 14.9 Å². The second-order valence-electron chi connectivity index (χ2n) is 6.29. The monoisotopic (exact) mass is 377 g/mol. The first-order valence-corrected chi connectivity index (χ1v) is 8.23. The van der Waals surface area contributed by atoms with Crippen LogP contribution in [0.25, 0.3) is 0 Å². The molecule has 7 heteroatoms. The van der Waals surface area contributed by atoms with E-state index >= 15 is 0 Å². The molecule has 0 saturated heterocycles. The molecule has 26 heavy (non-hydrogen) atoms. The number of nitro groups is 1. The van der Waals surface area contributed by atoms with Gasteiger partial charge in [0.2, 0.25) is 5.91 Å². The minimum atomic E-state index is -0.482. The number of para-hydroxylation sites is 1. The van der Waals surface area contributed by atoms with E-state index in [0.29, 0.717) is 11.5 Å². The number of halogens is 1. The summed E-state index contributed by atoms with van der Waals surface area (Å²) in [6, 6.07) is 13.9. The lowest BCUT2D eigenvalue weighted by Gasteiger charge is -2.14. The van der Waals surface area contributed by atoms with Crippen molar-refractivity contribution in [1.82, 2.24) is 5.32 Å². The van der Waals surface area contributed by atoms with Crippen LogP contribution in [0.15, 0.2) is 48.5 Å². The lowest BCUT2D eigenvalue weighted by atomic mass is 9.99. The van der Waals surface area contributed by atoms with Crippen LogP contribution in [0.2, 0.25) is 0 Å². The van der Waals surface area contributed by atoms with Crippen LogP contribution in [-0.2, 0) is 11.2 Å². The Labute approximate surface area is 159 Å². The van der Waals surface area contributed by atoms with Crippen LogP contribution in [0.3, 0.4) is 0 Å². The fourth-order valence-electron chi connectivity index (χ4n) is 2.54. The van der Waals surface area contributed by atoms with Gasteiger partial charge in [-0.2, -0.15) is 0 Å². The molecule has 2 rings (SSSR count). The molecule has 6 nitrogen and oxygen atoms in total. The highest BCUT2D eigenvalue weighted by Crippen LogP contribution is 2.19. The van der Waals surface area contributed by atoms with Crippen molar-refractivity contribution in [3.05, 3.63) is 75.3 Å². The van der Waals surface area contributed by atoms with Crippen molar-refractivity contribution < 1.29 is 9.72 Å². The van der Waals surface area contributed by atoms with Crippen molar-refractivity contribution >= 4 is 24.0 Å². The van der Waals surface area contributed by atoms with Gasteiger partial charge in [0.05, 0.1) is 11.3 Å². The first kappa shape index (κ1) is 21.6. The van der Waals surface area contributed by atoms with Gasteiger partial charge in [-0.3, -0.25) is 14.9 Å². The Bertz CT molecular complexity index is 748. The number of nitrogens with zero attached hydrogens (tertiary/aromatic N) is 1. The summed E-state index contributed by atoms with van der Waals surface area (Å²) in [5, 5.41) is 13.7. The molecule has 1 atom stereocenters. The van der Waals surface area contributed by atoms with Gasteiger partial charge >= 0.3 is 0 Å². The molecule has 0 heterocycles. The van der Waals surface area contributed by atoms with Crippen LogP contribution in [0.1, 0.15) is 42.5 Å². The Hall–Kier alpha value is -2.44. The fraction of sp³-hybridized carbons (Fsp3) is 0.316. The number of carbonyl (C=O) groups excluding carboxylic acids is 1. The molecule has 0 saturated carbocycles. The second kappa shape index (κ2) is 9.89. The Morgan fingerprint density at radius 2 is 1.69 bits per heavy atom. The molecule has 2 aromatic carbocycles. The van der Waals surface area contributed by atoms with E-state index in [1.54, 1.807) is 18.2 Å². The molecule has 0 spiro atoms. The van der Waals surface area contributed by atoms with Gasteiger partial charge in [0.15, 0.2) is 0 Å². The van der Waals surface area contributed by atoms with Crippen LogP contribution in [0, 0.1) is 10.1 Å². The molecule has 0 fully saturated rings. The maximum Gasteiger partial charge on any atom is 0.273 e. The Morgan fingerprint density at radius 1 is 1.12 bits per heavy atom. The van der Waals surface area contributed by atoms with Gasteiger partial charge in [0.1, 0.15) is 0 Å². The number of amides is 1. The molecule has 0 aromatic heterocycles. The molecule has 0 radical (unpaired) electrons. The summed E-state index contributed by atoms with van der Waals surface area (Å²) < 4.78 is 0. The number of hydrogen-bond acceptors (Lipinski definition) is 4. The molecule has 0 aliphatic carbocycles. The summed E-state index contributed by atoms with van der Waals surface area (Å²) >= 11 is 0. The van der Waals surface area contributed by atoms with Gasteiger partial charge in [0, 0.05) is 24.2 Å². The molecule has 2 aromatic rings. The smallest absolute Gasteiger partial charge is 0.273 e. The zero-order valence-electron chi connectivity index (χ0n) is 14.8. The summed E-state index contributed by atoms with van der Waals surface area (Å²) in [4.78, 5) is 22.6. The zero-order chi connectivity index (χ0) is 18.4. The lowest BCUT2D eigenvalue weighted by molar-refractivity contribution is -0.385. The lowest BCUT2D eigenvalue weighted by Crippen LogP contribution is -2.33. The average molecular weight is 378 g/mol. The second-order valence-corrected chi connectivity index (χ2v) is 6.29. The van der Waals surface area contributed by atoms with Crippen molar-refractivity contribution in [3.63, 3.8) is 0 Å². The summed E-state index contributed by atoms with van der Waals surface area (Å²) in [6.07, 6.45) is -0.0455. The van der Waals surface area contributed by atoms with Crippen molar-refractivity contribution in [2.24, 2.45) is 5.73 Å². The minimum absolute atomic E-state index is 0. The summed E-state index contributed by atoms with van der Waals surface area (Å²) in [5.41, 5.74) is 8.63. The summed E-state index contributed by atoms with van der Waals surface area (Å²) in [7, 11) is 0. The third-order valence-electron chi connectivity index (χ3n) is 4.09. The number of nitrogens with two attached hydrogens (primary N) is 1. The van der Waals surface area contributed by atoms with Crippen LogP contribution in [-0.4, -0.2) is 17.4 Å². The van der Waals surface area contributed by atoms with Gasteiger partial charge < -0.3 is 11.1 Å². The number of nitro benzene ring substituents is 1. The van der Waals surface area contributed by atoms with Crippen molar-refractivity contribution in [1.29, 1.82) is 0 Å². The topological polar surface area (TPSA) is 98.3 Å². The molecular formula is C19H24ClN3O3.